The Morgan fingerprint density at radius 2 is 2.22 bits per heavy atom. The zero-order chi connectivity index (χ0) is 13.0. The summed E-state index contributed by atoms with van der Waals surface area (Å²) in [6, 6.07) is 2.43. The number of carbonyl (C=O) groups excluding carboxylic acids is 1. The van der Waals surface area contributed by atoms with Crippen LogP contribution in [0, 0.1) is 0 Å². The Balaban J connectivity index is 1.88. The summed E-state index contributed by atoms with van der Waals surface area (Å²) in [5, 5.41) is 6.21. The Bertz CT molecular complexity index is 415. The molecular formula is C13H20N4O. The first-order chi connectivity index (χ1) is 8.65. The Hall–Kier alpha value is -1.62. The molecule has 0 radical (unpaired) electrons. The normalized spacial score (nSPS) is 14.6. The molecule has 2 rings (SSSR count). The lowest BCUT2D eigenvalue weighted by Gasteiger charge is -2.11. The number of nitrogens with one attached hydrogen (secondary N) is 2. The Morgan fingerprint density at radius 3 is 2.89 bits per heavy atom. The van der Waals surface area contributed by atoms with Gasteiger partial charge in [0, 0.05) is 31.5 Å². The van der Waals surface area contributed by atoms with E-state index < -0.39 is 0 Å². The van der Waals surface area contributed by atoms with E-state index in [9.17, 15) is 4.79 Å². The first kappa shape index (κ1) is 12.8. The SMILES string of the molecule is CN(C)CCNC(=O)c1cncc(NC2CC2)c1. The van der Waals surface area contributed by atoms with Crippen molar-refractivity contribution >= 4 is 11.6 Å². The summed E-state index contributed by atoms with van der Waals surface area (Å²) < 4.78 is 0. The zero-order valence-corrected chi connectivity index (χ0v) is 10.9. The van der Waals surface area contributed by atoms with E-state index in [0.29, 0.717) is 18.2 Å². The van der Waals surface area contributed by atoms with Crippen molar-refractivity contribution in [2.24, 2.45) is 0 Å². The summed E-state index contributed by atoms with van der Waals surface area (Å²) in [5.41, 5.74) is 1.54. The van der Waals surface area contributed by atoms with E-state index in [1.54, 1.807) is 12.4 Å². The van der Waals surface area contributed by atoms with Gasteiger partial charge in [-0.25, -0.2) is 0 Å². The molecule has 1 saturated carbocycles. The number of nitrogens with zero attached hydrogens (tertiary/aromatic N) is 2. The second kappa shape index (κ2) is 5.82. The molecule has 1 aromatic rings. The van der Waals surface area contributed by atoms with Crippen LogP contribution < -0.4 is 10.6 Å². The second-order valence-electron chi connectivity index (χ2n) is 4.94. The zero-order valence-electron chi connectivity index (χ0n) is 10.9. The van der Waals surface area contributed by atoms with Crippen molar-refractivity contribution in [2.75, 3.05) is 32.5 Å². The van der Waals surface area contributed by atoms with Crippen LogP contribution in [0.4, 0.5) is 5.69 Å². The van der Waals surface area contributed by atoms with Crippen LogP contribution in [-0.4, -0.2) is 49.0 Å². The number of anilines is 1. The standard InChI is InChI=1S/C13H20N4O/c1-17(2)6-5-15-13(18)10-7-12(9-14-8-10)16-11-3-4-11/h7-9,11,16H,3-6H2,1-2H3,(H,15,18). The van der Waals surface area contributed by atoms with Crippen LogP contribution in [0.2, 0.25) is 0 Å². The van der Waals surface area contributed by atoms with Gasteiger partial charge in [-0.15, -0.1) is 0 Å². The Morgan fingerprint density at radius 1 is 1.44 bits per heavy atom. The van der Waals surface area contributed by atoms with Crippen LogP contribution in [0.25, 0.3) is 0 Å². The molecule has 0 aliphatic heterocycles. The van der Waals surface area contributed by atoms with Crippen molar-refractivity contribution in [1.82, 2.24) is 15.2 Å². The minimum atomic E-state index is -0.0659. The van der Waals surface area contributed by atoms with E-state index in [1.165, 1.54) is 12.8 Å². The molecule has 98 valence electrons. The van der Waals surface area contributed by atoms with Gasteiger partial charge in [0.2, 0.25) is 0 Å². The van der Waals surface area contributed by atoms with Gasteiger partial charge in [0.25, 0.3) is 5.91 Å². The maximum Gasteiger partial charge on any atom is 0.252 e. The van der Waals surface area contributed by atoms with E-state index >= 15 is 0 Å². The van der Waals surface area contributed by atoms with Crippen LogP contribution in [-0.2, 0) is 0 Å². The molecular weight excluding hydrogens is 228 g/mol. The van der Waals surface area contributed by atoms with Gasteiger partial charge in [-0.3, -0.25) is 9.78 Å². The number of pyridine rings is 1. The van der Waals surface area contributed by atoms with Gasteiger partial charge >= 0.3 is 0 Å². The van der Waals surface area contributed by atoms with Crippen molar-refractivity contribution < 1.29 is 4.79 Å². The first-order valence-electron chi connectivity index (χ1n) is 6.29. The minimum absolute atomic E-state index is 0.0659. The van der Waals surface area contributed by atoms with Crippen molar-refractivity contribution in [2.45, 2.75) is 18.9 Å². The fourth-order valence-corrected chi connectivity index (χ4v) is 1.60. The van der Waals surface area contributed by atoms with E-state index in [-0.39, 0.29) is 5.91 Å². The predicted octanol–water partition coefficient (Wildman–Crippen LogP) is 0.947. The molecule has 0 atom stereocenters. The number of aromatic nitrogens is 1. The number of likely N-dealkylation sites (N-methyl/N-ethyl adjacent to an activating group) is 1. The van der Waals surface area contributed by atoms with Crippen LogP contribution in [0.1, 0.15) is 23.2 Å². The predicted molar refractivity (Wildman–Crippen MR) is 71.8 cm³/mol. The van der Waals surface area contributed by atoms with Crippen molar-refractivity contribution in [3.8, 4) is 0 Å². The van der Waals surface area contributed by atoms with Crippen LogP contribution >= 0.6 is 0 Å². The molecule has 0 bridgehead atoms. The number of rotatable bonds is 6. The molecule has 18 heavy (non-hydrogen) atoms. The number of hydrogen-bond donors (Lipinski definition) is 2. The van der Waals surface area contributed by atoms with Crippen LogP contribution in [0.3, 0.4) is 0 Å². The molecule has 0 saturated heterocycles. The maximum atomic E-state index is 11.9. The first-order valence-corrected chi connectivity index (χ1v) is 6.29. The summed E-state index contributed by atoms with van der Waals surface area (Å²) in [5.74, 6) is -0.0659. The highest BCUT2D eigenvalue weighted by molar-refractivity contribution is 5.94. The van der Waals surface area contributed by atoms with Gasteiger partial charge in [-0.05, 0) is 33.0 Å². The monoisotopic (exact) mass is 248 g/mol. The Labute approximate surface area is 108 Å². The maximum absolute atomic E-state index is 11.9. The summed E-state index contributed by atoms with van der Waals surface area (Å²) in [4.78, 5) is 18.0. The molecule has 5 heteroatoms. The average molecular weight is 248 g/mol. The van der Waals surface area contributed by atoms with E-state index in [0.717, 1.165) is 12.2 Å². The van der Waals surface area contributed by atoms with Crippen LogP contribution in [0.15, 0.2) is 18.5 Å². The molecule has 1 aromatic heterocycles. The third-order valence-corrected chi connectivity index (χ3v) is 2.79. The fraction of sp³-hybridized carbons (Fsp3) is 0.538. The highest BCUT2D eigenvalue weighted by atomic mass is 16.1. The Kier molecular flexibility index (Phi) is 4.15. The number of carbonyl (C=O) groups is 1. The largest absolute Gasteiger partial charge is 0.381 e. The molecule has 0 aromatic carbocycles. The molecule has 1 aliphatic rings. The number of amides is 1. The van der Waals surface area contributed by atoms with E-state index in [1.807, 2.05) is 25.1 Å². The summed E-state index contributed by atoms with van der Waals surface area (Å²) >= 11 is 0. The summed E-state index contributed by atoms with van der Waals surface area (Å²) in [7, 11) is 3.96. The molecule has 5 nitrogen and oxygen atoms in total. The molecule has 1 amide bonds. The average Bonchev–Trinajstić information content (AvgIpc) is 3.13. The summed E-state index contributed by atoms with van der Waals surface area (Å²) in [6.45, 7) is 1.48. The van der Waals surface area contributed by atoms with Gasteiger partial charge in [0.15, 0.2) is 0 Å². The highest BCUT2D eigenvalue weighted by Crippen LogP contribution is 2.24. The molecule has 1 aliphatic carbocycles. The smallest absolute Gasteiger partial charge is 0.252 e. The lowest BCUT2D eigenvalue weighted by molar-refractivity contribution is 0.0950. The fourth-order valence-electron chi connectivity index (χ4n) is 1.60. The topological polar surface area (TPSA) is 57.3 Å². The third kappa shape index (κ3) is 4.00. The lowest BCUT2D eigenvalue weighted by Crippen LogP contribution is -2.31. The minimum Gasteiger partial charge on any atom is -0.381 e. The quantitative estimate of drug-likeness (QED) is 0.787. The molecule has 0 spiro atoms. The van der Waals surface area contributed by atoms with Gasteiger partial charge in [-0.2, -0.15) is 0 Å². The van der Waals surface area contributed by atoms with Gasteiger partial charge in [-0.1, -0.05) is 0 Å². The van der Waals surface area contributed by atoms with Gasteiger partial charge < -0.3 is 15.5 Å². The van der Waals surface area contributed by atoms with Gasteiger partial charge in [0.05, 0.1) is 11.3 Å². The number of hydrogen-bond acceptors (Lipinski definition) is 4. The van der Waals surface area contributed by atoms with Crippen molar-refractivity contribution in [3.05, 3.63) is 24.0 Å². The van der Waals surface area contributed by atoms with Gasteiger partial charge in [0.1, 0.15) is 0 Å². The lowest BCUT2D eigenvalue weighted by atomic mass is 10.2. The second-order valence-corrected chi connectivity index (χ2v) is 4.94. The molecule has 1 heterocycles. The summed E-state index contributed by atoms with van der Waals surface area (Å²) in [6.07, 6.45) is 5.77. The third-order valence-electron chi connectivity index (χ3n) is 2.79. The van der Waals surface area contributed by atoms with Crippen LogP contribution in [0.5, 0.6) is 0 Å². The highest BCUT2D eigenvalue weighted by Gasteiger charge is 2.21. The van der Waals surface area contributed by atoms with Crippen molar-refractivity contribution in [3.63, 3.8) is 0 Å². The van der Waals surface area contributed by atoms with Crippen molar-refractivity contribution in [1.29, 1.82) is 0 Å². The molecule has 2 N–H and O–H groups in total. The molecule has 1 fully saturated rings. The molecule has 0 unspecified atom stereocenters. The van der Waals surface area contributed by atoms with E-state index in [2.05, 4.69) is 15.6 Å². The van der Waals surface area contributed by atoms with E-state index in [4.69, 9.17) is 0 Å².